The van der Waals surface area contributed by atoms with Crippen LogP contribution in [0.4, 0.5) is 4.39 Å². The lowest BCUT2D eigenvalue weighted by Gasteiger charge is -2.38. The third-order valence-electron chi connectivity index (χ3n) is 4.08. The van der Waals surface area contributed by atoms with E-state index in [-0.39, 0.29) is 17.7 Å². The highest BCUT2D eigenvalue weighted by Gasteiger charge is 2.32. The molecule has 0 bridgehead atoms. The Labute approximate surface area is 122 Å². The van der Waals surface area contributed by atoms with E-state index in [1.54, 1.807) is 11.0 Å². The Kier molecular flexibility index (Phi) is 3.88. The van der Waals surface area contributed by atoms with Gasteiger partial charge in [-0.2, -0.15) is 0 Å². The number of nitrogens with one attached hydrogen (secondary N) is 1. The largest absolute Gasteiger partial charge is 0.339 e. The maximum absolute atomic E-state index is 13.2. The van der Waals surface area contributed by atoms with Gasteiger partial charge in [-0.3, -0.25) is 9.59 Å². The molecular weight excluding hydrogens is 273 g/mol. The van der Waals surface area contributed by atoms with Gasteiger partial charge in [-0.1, -0.05) is 6.07 Å². The summed E-state index contributed by atoms with van der Waals surface area (Å²) in [6.45, 7) is 3.61. The van der Waals surface area contributed by atoms with Gasteiger partial charge in [0.15, 0.2) is 0 Å². The van der Waals surface area contributed by atoms with E-state index in [0.29, 0.717) is 31.7 Å². The highest BCUT2D eigenvalue weighted by Crippen LogP contribution is 2.13. The molecule has 0 aromatic heterocycles. The van der Waals surface area contributed by atoms with E-state index in [9.17, 15) is 14.0 Å². The van der Waals surface area contributed by atoms with Crippen molar-refractivity contribution in [1.29, 1.82) is 0 Å². The van der Waals surface area contributed by atoms with Crippen LogP contribution in [0.25, 0.3) is 0 Å². The number of hydrogen-bond donors (Lipinski definition) is 1. The molecule has 2 aliphatic rings. The average Bonchev–Trinajstić information content (AvgIpc) is 2.45. The van der Waals surface area contributed by atoms with Crippen LogP contribution < -0.4 is 5.32 Å². The van der Waals surface area contributed by atoms with Crippen molar-refractivity contribution >= 4 is 11.8 Å². The number of hydrogen-bond acceptors (Lipinski definition) is 3. The van der Waals surface area contributed by atoms with Crippen molar-refractivity contribution in [2.24, 2.45) is 5.92 Å². The van der Waals surface area contributed by atoms with Gasteiger partial charge < -0.3 is 15.1 Å². The molecule has 2 amide bonds. The van der Waals surface area contributed by atoms with Crippen molar-refractivity contribution in [3.8, 4) is 0 Å². The molecule has 1 aromatic rings. The van der Waals surface area contributed by atoms with Gasteiger partial charge in [0, 0.05) is 44.8 Å². The molecule has 1 N–H and O–H groups in total. The summed E-state index contributed by atoms with van der Waals surface area (Å²) in [4.78, 5) is 27.9. The van der Waals surface area contributed by atoms with E-state index in [1.165, 1.54) is 18.2 Å². The number of rotatable bonds is 2. The Morgan fingerprint density at radius 2 is 1.76 bits per heavy atom. The monoisotopic (exact) mass is 291 g/mol. The second kappa shape index (κ2) is 5.81. The number of nitrogens with zero attached hydrogens (tertiary/aromatic N) is 2. The van der Waals surface area contributed by atoms with Gasteiger partial charge >= 0.3 is 0 Å². The lowest BCUT2D eigenvalue weighted by Crippen LogP contribution is -2.57. The molecule has 0 unspecified atom stereocenters. The standard InChI is InChI=1S/C15H18FN3O2/c16-13-3-1-2-11(8-13)14(20)18-4-6-19(7-5-18)15(21)12-9-17-10-12/h1-3,8,12,17H,4-7,9-10H2. The van der Waals surface area contributed by atoms with E-state index < -0.39 is 5.82 Å². The van der Waals surface area contributed by atoms with E-state index in [2.05, 4.69) is 5.32 Å². The lowest BCUT2D eigenvalue weighted by molar-refractivity contribution is -0.138. The van der Waals surface area contributed by atoms with Crippen LogP contribution in [0, 0.1) is 11.7 Å². The highest BCUT2D eigenvalue weighted by atomic mass is 19.1. The minimum atomic E-state index is -0.410. The first-order chi connectivity index (χ1) is 10.1. The van der Waals surface area contributed by atoms with Crippen LogP contribution in [0.2, 0.25) is 0 Å². The topological polar surface area (TPSA) is 52.7 Å². The van der Waals surface area contributed by atoms with Gasteiger partial charge in [0.1, 0.15) is 5.82 Å². The highest BCUT2D eigenvalue weighted by molar-refractivity contribution is 5.94. The normalized spacial score (nSPS) is 19.3. The fourth-order valence-corrected chi connectivity index (χ4v) is 2.66. The molecule has 0 saturated carbocycles. The minimum Gasteiger partial charge on any atom is -0.339 e. The Morgan fingerprint density at radius 1 is 1.10 bits per heavy atom. The number of carbonyl (C=O) groups excluding carboxylic acids is 2. The zero-order valence-corrected chi connectivity index (χ0v) is 11.7. The zero-order valence-electron chi connectivity index (χ0n) is 11.7. The van der Waals surface area contributed by atoms with Crippen LogP contribution in [0.5, 0.6) is 0 Å². The molecule has 0 atom stereocenters. The summed E-state index contributed by atoms with van der Waals surface area (Å²) in [5.74, 6) is -0.318. The Balaban J connectivity index is 1.57. The molecule has 5 nitrogen and oxygen atoms in total. The van der Waals surface area contributed by atoms with Gasteiger partial charge in [0.2, 0.25) is 5.91 Å². The molecule has 2 aliphatic heterocycles. The first-order valence-corrected chi connectivity index (χ1v) is 7.19. The second-order valence-corrected chi connectivity index (χ2v) is 5.48. The van der Waals surface area contributed by atoms with Crippen molar-refractivity contribution in [2.45, 2.75) is 0 Å². The molecule has 1 aromatic carbocycles. The molecule has 21 heavy (non-hydrogen) atoms. The smallest absolute Gasteiger partial charge is 0.254 e. The van der Waals surface area contributed by atoms with Gasteiger partial charge in [-0.15, -0.1) is 0 Å². The first kappa shape index (κ1) is 14.0. The minimum absolute atomic E-state index is 0.0930. The molecule has 2 fully saturated rings. The molecule has 0 spiro atoms. The molecule has 0 radical (unpaired) electrons. The molecule has 2 saturated heterocycles. The summed E-state index contributed by atoms with van der Waals surface area (Å²) < 4.78 is 13.2. The molecular formula is C15H18FN3O2. The predicted octanol–water partition coefficient (Wildman–Crippen LogP) is 0.329. The SMILES string of the molecule is O=C(c1cccc(F)c1)N1CCN(C(=O)C2CNC2)CC1. The number of halogens is 1. The van der Waals surface area contributed by atoms with E-state index in [1.807, 2.05) is 4.90 Å². The van der Waals surface area contributed by atoms with E-state index in [0.717, 1.165) is 13.1 Å². The number of amides is 2. The van der Waals surface area contributed by atoms with Crippen molar-refractivity contribution in [3.05, 3.63) is 35.6 Å². The maximum atomic E-state index is 13.2. The Hall–Kier alpha value is -1.95. The van der Waals surface area contributed by atoms with Gasteiger partial charge in [-0.05, 0) is 18.2 Å². The fraction of sp³-hybridized carbons (Fsp3) is 0.467. The second-order valence-electron chi connectivity index (χ2n) is 5.48. The van der Waals surface area contributed by atoms with Gasteiger partial charge in [0.05, 0.1) is 5.92 Å². The van der Waals surface area contributed by atoms with Gasteiger partial charge in [-0.25, -0.2) is 4.39 Å². The van der Waals surface area contributed by atoms with Crippen LogP contribution in [0.3, 0.4) is 0 Å². The lowest BCUT2D eigenvalue weighted by atomic mass is 10.0. The predicted molar refractivity (Wildman–Crippen MR) is 75.2 cm³/mol. The van der Waals surface area contributed by atoms with Crippen molar-refractivity contribution in [1.82, 2.24) is 15.1 Å². The molecule has 0 aliphatic carbocycles. The van der Waals surface area contributed by atoms with Crippen LogP contribution in [-0.4, -0.2) is 60.9 Å². The first-order valence-electron chi connectivity index (χ1n) is 7.19. The summed E-state index contributed by atoms with van der Waals surface area (Å²) in [5, 5.41) is 3.09. The number of carbonyl (C=O) groups is 2. The average molecular weight is 291 g/mol. The van der Waals surface area contributed by atoms with Crippen LogP contribution >= 0.6 is 0 Å². The van der Waals surface area contributed by atoms with E-state index >= 15 is 0 Å². The van der Waals surface area contributed by atoms with Gasteiger partial charge in [0.25, 0.3) is 5.91 Å². The van der Waals surface area contributed by atoms with E-state index in [4.69, 9.17) is 0 Å². The number of piperazine rings is 1. The van der Waals surface area contributed by atoms with Crippen LogP contribution in [0.1, 0.15) is 10.4 Å². The third kappa shape index (κ3) is 2.90. The summed E-state index contributed by atoms with van der Waals surface area (Å²) >= 11 is 0. The van der Waals surface area contributed by atoms with Crippen molar-refractivity contribution in [3.63, 3.8) is 0 Å². The number of benzene rings is 1. The van der Waals surface area contributed by atoms with Crippen molar-refractivity contribution in [2.75, 3.05) is 39.3 Å². The Bertz CT molecular complexity index is 552. The summed E-state index contributed by atoms with van der Waals surface area (Å²) in [6.07, 6.45) is 0. The summed E-state index contributed by atoms with van der Waals surface area (Å²) in [7, 11) is 0. The molecule has 2 heterocycles. The molecule has 112 valence electrons. The maximum Gasteiger partial charge on any atom is 0.254 e. The third-order valence-corrected chi connectivity index (χ3v) is 4.08. The van der Waals surface area contributed by atoms with Crippen LogP contribution in [-0.2, 0) is 4.79 Å². The molecule has 3 rings (SSSR count). The Morgan fingerprint density at radius 3 is 2.33 bits per heavy atom. The molecule has 6 heteroatoms. The summed E-state index contributed by atoms with van der Waals surface area (Å²) in [5.41, 5.74) is 0.359. The van der Waals surface area contributed by atoms with Crippen LogP contribution in [0.15, 0.2) is 24.3 Å². The fourth-order valence-electron chi connectivity index (χ4n) is 2.66. The summed E-state index contributed by atoms with van der Waals surface area (Å²) in [6, 6.07) is 5.72. The quantitative estimate of drug-likeness (QED) is 0.854. The zero-order chi connectivity index (χ0) is 14.8. The van der Waals surface area contributed by atoms with Crippen molar-refractivity contribution < 1.29 is 14.0 Å².